The van der Waals surface area contributed by atoms with Crippen molar-refractivity contribution in [3.05, 3.63) is 22.3 Å². The highest BCUT2D eigenvalue weighted by Gasteiger charge is 2.34. The van der Waals surface area contributed by atoms with E-state index in [2.05, 4.69) is 15.0 Å². The minimum atomic E-state index is -0.789. The van der Waals surface area contributed by atoms with Gasteiger partial charge in [0.05, 0.1) is 12.7 Å². The van der Waals surface area contributed by atoms with E-state index in [4.69, 9.17) is 15.3 Å². The van der Waals surface area contributed by atoms with Gasteiger partial charge in [0.2, 0.25) is 0 Å². The van der Waals surface area contributed by atoms with Crippen LogP contribution in [0.15, 0.2) is 11.1 Å². The first-order chi connectivity index (χ1) is 9.10. The van der Waals surface area contributed by atoms with E-state index in [9.17, 15) is 9.90 Å². The Kier molecular flexibility index (Phi) is 2.73. The van der Waals surface area contributed by atoms with Gasteiger partial charge in [-0.1, -0.05) is 0 Å². The summed E-state index contributed by atoms with van der Waals surface area (Å²) in [7, 11) is 0. The quantitative estimate of drug-likeness (QED) is 0.435. The Balaban J connectivity index is 2.04. The van der Waals surface area contributed by atoms with Crippen LogP contribution in [0.5, 0.6) is 0 Å². The highest BCUT2D eigenvalue weighted by molar-refractivity contribution is 5.67. The Hall–Kier alpha value is -1.97. The van der Waals surface area contributed by atoms with E-state index in [1.165, 1.54) is 10.9 Å². The Labute approximate surface area is 106 Å². The molecule has 3 atom stereocenters. The van der Waals surface area contributed by atoms with Crippen LogP contribution in [0.3, 0.4) is 0 Å². The molecule has 9 heteroatoms. The van der Waals surface area contributed by atoms with E-state index in [1.54, 1.807) is 0 Å². The van der Waals surface area contributed by atoms with Crippen LogP contribution in [-0.2, 0) is 4.74 Å². The molecule has 0 amide bonds. The fourth-order valence-electron chi connectivity index (χ4n) is 2.22. The van der Waals surface area contributed by atoms with Crippen molar-refractivity contribution in [3.8, 4) is 0 Å². The lowest BCUT2D eigenvalue weighted by atomic mass is 10.2. The number of rotatable bonds is 2. The number of nitrogens with one attached hydrogen (secondary N) is 3. The second-order valence-corrected chi connectivity index (χ2v) is 4.42. The van der Waals surface area contributed by atoms with Crippen molar-refractivity contribution in [3.63, 3.8) is 0 Å². The maximum atomic E-state index is 11.2. The van der Waals surface area contributed by atoms with Crippen LogP contribution in [-0.4, -0.2) is 48.5 Å². The summed E-state index contributed by atoms with van der Waals surface area (Å²) in [4.78, 5) is 20.1. The molecule has 3 rings (SSSR count). The van der Waals surface area contributed by atoms with Crippen molar-refractivity contribution in [2.24, 2.45) is 0 Å². The smallest absolute Gasteiger partial charge is 0.325 e. The summed E-state index contributed by atoms with van der Waals surface area (Å²) in [5, 5.41) is 26.7. The first-order valence-electron chi connectivity index (χ1n) is 5.78. The molecule has 1 unspecified atom stereocenters. The summed E-state index contributed by atoms with van der Waals surface area (Å²) in [6, 6.07) is 0. The minimum absolute atomic E-state index is 0.0270. The molecule has 1 aliphatic heterocycles. The SMILES string of the molecule is N=c1c2[nH]c(=O)[nH]c2ncn1C1C[C@H](O)[C@@H](CO)O1. The van der Waals surface area contributed by atoms with Gasteiger partial charge in [-0.3, -0.25) is 15.0 Å². The van der Waals surface area contributed by atoms with Crippen LogP contribution >= 0.6 is 0 Å². The number of aliphatic hydroxyl groups excluding tert-OH is 2. The molecule has 9 nitrogen and oxygen atoms in total. The molecule has 19 heavy (non-hydrogen) atoms. The standard InChI is InChI=1S/C10H13N5O4/c11-8-7-9(14-10(18)13-7)12-3-15(8)6-1-4(17)5(2-16)19-6/h3-6,11,16-17H,1-2H2,(H2,13,14,18)/t4-,5+,6?/m0/s1. The molecule has 0 radical (unpaired) electrons. The lowest BCUT2D eigenvalue weighted by Crippen LogP contribution is -2.26. The van der Waals surface area contributed by atoms with Gasteiger partial charge in [-0.25, -0.2) is 9.78 Å². The molecule has 3 heterocycles. The average Bonchev–Trinajstić information content (AvgIpc) is 2.92. The molecule has 0 spiro atoms. The van der Waals surface area contributed by atoms with E-state index in [0.717, 1.165) is 0 Å². The molecule has 1 saturated heterocycles. The van der Waals surface area contributed by atoms with Crippen LogP contribution in [0, 0.1) is 5.41 Å². The second-order valence-electron chi connectivity index (χ2n) is 4.42. The van der Waals surface area contributed by atoms with E-state index in [-0.39, 0.29) is 24.0 Å². The lowest BCUT2D eigenvalue weighted by Gasteiger charge is -2.15. The second kappa shape index (κ2) is 4.30. The number of hydrogen-bond acceptors (Lipinski definition) is 6. The van der Waals surface area contributed by atoms with Crippen molar-refractivity contribution in [2.45, 2.75) is 24.9 Å². The number of H-pyrrole nitrogens is 2. The zero-order valence-corrected chi connectivity index (χ0v) is 9.83. The zero-order chi connectivity index (χ0) is 13.6. The number of hydrogen-bond donors (Lipinski definition) is 5. The van der Waals surface area contributed by atoms with E-state index in [0.29, 0.717) is 5.65 Å². The monoisotopic (exact) mass is 267 g/mol. The Morgan fingerprint density at radius 2 is 2.37 bits per heavy atom. The van der Waals surface area contributed by atoms with Crippen molar-refractivity contribution < 1.29 is 14.9 Å². The summed E-state index contributed by atoms with van der Waals surface area (Å²) < 4.78 is 6.85. The van der Waals surface area contributed by atoms with E-state index in [1.807, 2.05) is 0 Å². The number of ether oxygens (including phenoxy) is 1. The molecule has 2 aromatic heterocycles. The number of nitrogens with zero attached hydrogens (tertiary/aromatic N) is 2. The molecule has 2 aromatic rings. The van der Waals surface area contributed by atoms with E-state index >= 15 is 0 Å². The molecular weight excluding hydrogens is 254 g/mol. The largest absolute Gasteiger partial charge is 0.394 e. The lowest BCUT2D eigenvalue weighted by molar-refractivity contribution is -0.0460. The predicted octanol–water partition coefficient (Wildman–Crippen LogP) is -1.83. The third-order valence-electron chi connectivity index (χ3n) is 3.21. The molecule has 0 saturated carbocycles. The molecule has 0 aromatic carbocycles. The zero-order valence-electron chi connectivity index (χ0n) is 9.83. The van der Waals surface area contributed by atoms with Gasteiger partial charge in [0, 0.05) is 6.42 Å². The molecule has 5 N–H and O–H groups in total. The van der Waals surface area contributed by atoms with E-state index < -0.39 is 24.1 Å². The highest BCUT2D eigenvalue weighted by Crippen LogP contribution is 2.27. The Morgan fingerprint density at radius 1 is 1.58 bits per heavy atom. The Morgan fingerprint density at radius 3 is 3.05 bits per heavy atom. The molecule has 1 fully saturated rings. The fraction of sp³-hybridized carbons (Fsp3) is 0.500. The first-order valence-corrected chi connectivity index (χ1v) is 5.78. The van der Waals surface area contributed by atoms with Gasteiger partial charge in [-0.15, -0.1) is 0 Å². The van der Waals surface area contributed by atoms with Gasteiger partial charge >= 0.3 is 5.69 Å². The Bertz CT molecular complexity index is 717. The predicted molar refractivity (Wildman–Crippen MR) is 62.2 cm³/mol. The van der Waals surface area contributed by atoms with Gasteiger partial charge in [0.25, 0.3) is 0 Å². The van der Waals surface area contributed by atoms with Crippen molar-refractivity contribution in [2.75, 3.05) is 6.61 Å². The maximum Gasteiger partial charge on any atom is 0.325 e. The molecule has 1 aliphatic rings. The van der Waals surface area contributed by atoms with Gasteiger partial charge in [-0.2, -0.15) is 0 Å². The van der Waals surface area contributed by atoms with Crippen molar-refractivity contribution in [1.82, 2.24) is 19.5 Å². The summed E-state index contributed by atoms with van der Waals surface area (Å²) >= 11 is 0. The third-order valence-corrected chi connectivity index (χ3v) is 3.21. The maximum absolute atomic E-state index is 11.2. The van der Waals surface area contributed by atoms with Gasteiger partial charge in [0.1, 0.15) is 24.2 Å². The van der Waals surface area contributed by atoms with Crippen LogP contribution in [0.4, 0.5) is 0 Å². The van der Waals surface area contributed by atoms with Crippen LogP contribution in [0.1, 0.15) is 12.6 Å². The van der Waals surface area contributed by atoms with Gasteiger partial charge in [0.15, 0.2) is 11.1 Å². The van der Waals surface area contributed by atoms with Crippen molar-refractivity contribution in [1.29, 1.82) is 5.41 Å². The topological polar surface area (TPSA) is 140 Å². The summed E-state index contributed by atoms with van der Waals surface area (Å²) in [5.41, 5.74) is 0.162. The molecular formula is C10H13N5O4. The number of aromatic nitrogens is 4. The first kappa shape index (κ1) is 12.1. The van der Waals surface area contributed by atoms with Gasteiger partial charge < -0.3 is 19.9 Å². The third kappa shape index (κ3) is 1.87. The molecule has 0 aliphatic carbocycles. The summed E-state index contributed by atoms with van der Waals surface area (Å²) in [5.74, 6) is 0. The van der Waals surface area contributed by atoms with Crippen LogP contribution in [0.25, 0.3) is 11.2 Å². The minimum Gasteiger partial charge on any atom is -0.394 e. The summed E-state index contributed by atoms with van der Waals surface area (Å²) in [6.45, 7) is -0.289. The van der Waals surface area contributed by atoms with Crippen LogP contribution in [0.2, 0.25) is 0 Å². The number of imidazole rings is 1. The molecule has 0 bridgehead atoms. The normalized spacial score (nSPS) is 27.2. The number of aromatic amines is 2. The van der Waals surface area contributed by atoms with Crippen molar-refractivity contribution >= 4 is 11.2 Å². The number of aliphatic hydroxyl groups is 2. The number of fused-ring (bicyclic) bond motifs is 1. The summed E-state index contributed by atoms with van der Waals surface area (Å²) in [6.07, 6.45) is -0.425. The van der Waals surface area contributed by atoms with Crippen LogP contribution < -0.4 is 11.2 Å². The average molecular weight is 267 g/mol. The molecule has 102 valence electrons. The van der Waals surface area contributed by atoms with Gasteiger partial charge in [-0.05, 0) is 0 Å². The fourth-order valence-corrected chi connectivity index (χ4v) is 2.22. The highest BCUT2D eigenvalue weighted by atomic mass is 16.5.